The van der Waals surface area contributed by atoms with Gasteiger partial charge in [-0.25, -0.2) is 4.79 Å². The van der Waals surface area contributed by atoms with Crippen molar-refractivity contribution in [3.8, 4) is 0 Å². The number of hydrogen-bond donors (Lipinski definition) is 1. The van der Waals surface area contributed by atoms with E-state index >= 15 is 0 Å². The van der Waals surface area contributed by atoms with Gasteiger partial charge in [0, 0.05) is 12.7 Å². The predicted molar refractivity (Wildman–Crippen MR) is 56.6 cm³/mol. The third-order valence-corrected chi connectivity index (χ3v) is 1.85. The van der Waals surface area contributed by atoms with Gasteiger partial charge in [0.1, 0.15) is 0 Å². The van der Waals surface area contributed by atoms with Gasteiger partial charge in [-0.05, 0) is 30.7 Å². The summed E-state index contributed by atoms with van der Waals surface area (Å²) in [6.07, 6.45) is 0.848. The molecule has 3 heteroatoms. The van der Waals surface area contributed by atoms with Crippen LogP contribution in [0.5, 0.6) is 0 Å². The van der Waals surface area contributed by atoms with Crippen LogP contribution < -0.4 is 5.32 Å². The second-order valence-electron chi connectivity index (χ2n) is 2.96. The quantitative estimate of drug-likeness (QED) is 0.745. The van der Waals surface area contributed by atoms with Crippen LogP contribution in [0.4, 0.5) is 5.69 Å². The Bertz CT molecular complexity index is 293. The second-order valence-corrected chi connectivity index (χ2v) is 2.96. The first-order chi connectivity index (χ1) is 6.77. The Morgan fingerprint density at radius 2 is 2.00 bits per heavy atom. The summed E-state index contributed by atoms with van der Waals surface area (Å²) in [5, 5.41) is 2.98. The molecule has 0 unspecified atom stereocenters. The van der Waals surface area contributed by atoms with E-state index in [1.165, 1.54) is 0 Å². The first kappa shape index (κ1) is 10.6. The zero-order chi connectivity index (χ0) is 10.4. The van der Waals surface area contributed by atoms with Crippen molar-refractivity contribution in [2.75, 3.05) is 19.0 Å². The smallest absolute Gasteiger partial charge is 0.338 e. The Labute approximate surface area is 84.1 Å². The van der Waals surface area contributed by atoms with Crippen molar-refractivity contribution >= 4 is 11.7 Å². The van der Waals surface area contributed by atoms with Crippen LogP contribution in [0.3, 0.4) is 0 Å². The summed E-state index contributed by atoms with van der Waals surface area (Å²) in [4.78, 5) is 11.4. The molecule has 1 aromatic rings. The topological polar surface area (TPSA) is 38.3 Å². The van der Waals surface area contributed by atoms with Crippen LogP contribution in [0.1, 0.15) is 23.7 Å². The maximum absolute atomic E-state index is 11.4. The molecule has 14 heavy (non-hydrogen) atoms. The van der Waals surface area contributed by atoms with Crippen LogP contribution in [-0.4, -0.2) is 19.6 Å². The zero-order valence-corrected chi connectivity index (χ0v) is 8.54. The Morgan fingerprint density at radius 1 is 1.36 bits per heavy atom. The molecular weight excluding hydrogens is 178 g/mol. The van der Waals surface area contributed by atoms with Crippen molar-refractivity contribution in [3.05, 3.63) is 29.8 Å². The molecule has 0 radical (unpaired) electrons. The molecule has 1 N–H and O–H groups in total. The molecule has 0 aromatic heterocycles. The van der Waals surface area contributed by atoms with Crippen molar-refractivity contribution < 1.29 is 9.53 Å². The predicted octanol–water partition coefficient (Wildman–Crippen LogP) is 2.30. The summed E-state index contributed by atoms with van der Waals surface area (Å²) in [6.45, 7) is 2.45. The van der Waals surface area contributed by atoms with Gasteiger partial charge < -0.3 is 10.1 Å². The van der Waals surface area contributed by atoms with Gasteiger partial charge in [0.25, 0.3) is 0 Å². The van der Waals surface area contributed by atoms with Crippen LogP contribution in [-0.2, 0) is 4.74 Å². The minimum absolute atomic E-state index is 0.255. The van der Waals surface area contributed by atoms with Crippen LogP contribution in [0.25, 0.3) is 0 Å². The van der Waals surface area contributed by atoms with Gasteiger partial charge in [0.2, 0.25) is 0 Å². The minimum atomic E-state index is -0.255. The average Bonchev–Trinajstić information content (AvgIpc) is 2.26. The van der Waals surface area contributed by atoms with Crippen LogP contribution in [0.2, 0.25) is 0 Å². The molecule has 0 fully saturated rings. The molecular formula is C11H15NO2. The number of ether oxygens (including phenoxy) is 1. The number of carbonyl (C=O) groups excluding carboxylic acids is 1. The highest BCUT2D eigenvalue weighted by atomic mass is 16.5. The van der Waals surface area contributed by atoms with E-state index in [2.05, 4.69) is 5.32 Å². The van der Waals surface area contributed by atoms with Crippen molar-refractivity contribution in [3.63, 3.8) is 0 Å². The summed E-state index contributed by atoms with van der Waals surface area (Å²) in [7, 11) is 1.84. The normalized spacial score (nSPS) is 9.57. The molecule has 0 aliphatic carbocycles. The highest BCUT2D eigenvalue weighted by Crippen LogP contribution is 2.09. The highest BCUT2D eigenvalue weighted by molar-refractivity contribution is 5.89. The van der Waals surface area contributed by atoms with E-state index < -0.39 is 0 Å². The average molecular weight is 193 g/mol. The monoisotopic (exact) mass is 193 g/mol. The summed E-state index contributed by atoms with van der Waals surface area (Å²) in [5.74, 6) is -0.255. The minimum Gasteiger partial charge on any atom is -0.462 e. The van der Waals surface area contributed by atoms with E-state index in [0.717, 1.165) is 12.1 Å². The van der Waals surface area contributed by atoms with Crippen LogP contribution in [0.15, 0.2) is 24.3 Å². The Morgan fingerprint density at radius 3 is 2.50 bits per heavy atom. The molecule has 0 saturated carbocycles. The lowest BCUT2D eigenvalue weighted by molar-refractivity contribution is 0.0505. The molecule has 0 bridgehead atoms. The summed E-state index contributed by atoms with van der Waals surface area (Å²) < 4.78 is 4.99. The summed E-state index contributed by atoms with van der Waals surface area (Å²) in [6, 6.07) is 7.21. The maximum atomic E-state index is 11.4. The van der Waals surface area contributed by atoms with Crippen molar-refractivity contribution in [2.45, 2.75) is 13.3 Å². The molecule has 0 amide bonds. The van der Waals surface area contributed by atoms with E-state index in [4.69, 9.17) is 4.74 Å². The SMILES string of the molecule is CCCOC(=O)c1ccc(NC)cc1. The lowest BCUT2D eigenvalue weighted by Gasteiger charge is -2.04. The van der Waals surface area contributed by atoms with E-state index in [9.17, 15) is 4.79 Å². The van der Waals surface area contributed by atoms with Crippen molar-refractivity contribution in [1.82, 2.24) is 0 Å². The number of nitrogens with one attached hydrogen (secondary N) is 1. The Kier molecular flexibility index (Phi) is 3.98. The van der Waals surface area contributed by atoms with Gasteiger partial charge >= 0.3 is 5.97 Å². The van der Waals surface area contributed by atoms with E-state index in [0.29, 0.717) is 12.2 Å². The molecule has 0 saturated heterocycles. The third kappa shape index (κ3) is 2.76. The summed E-state index contributed by atoms with van der Waals surface area (Å²) >= 11 is 0. The van der Waals surface area contributed by atoms with Crippen molar-refractivity contribution in [1.29, 1.82) is 0 Å². The first-order valence-corrected chi connectivity index (χ1v) is 4.73. The van der Waals surface area contributed by atoms with Gasteiger partial charge in [0.05, 0.1) is 12.2 Å². The molecule has 0 atom stereocenters. The van der Waals surface area contributed by atoms with Gasteiger partial charge in [-0.2, -0.15) is 0 Å². The highest BCUT2D eigenvalue weighted by Gasteiger charge is 2.05. The van der Waals surface area contributed by atoms with E-state index in [-0.39, 0.29) is 5.97 Å². The fourth-order valence-electron chi connectivity index (χ4n) is 1.05. The van der Waals surface area contributed by atoms with Gasteiger partial charge in [-0.1, -0.05) is 6.92 Å². The maximum Gasteiger partial charge on any atom is 0.338 e. The van der Waals surface area contributed by atoms with E-state index in [1.54, 1.807) is 12.1 Å². The molecule has 0 aliphatic heterocycles. The third-order valence-electron chi connectivity index (χ3n) is 1.85. The van der Waals surface area contributed by atoms with Crippen molar-refractivity contribution in [2.24, 2.45) is 0 Å². The second kappa shape index (κ2) is 5.27. The molecule has 0 spiro atoms. The van der Waals surface area contributed by atoms with E-state index in [1.807, 2.05) is 26.1 Å². The lowest BCUT2D eigenvalue weighted by Crippen LogP contribution is -2.05. The van der Waals surface area contributed by atoms with Gasteiger partial charge in [-0.15, -0.1) is 0 Å². The number of rotatable bonds is 4. The number of anilines is 1. The number of esters is 1. The fraction of sp³-hybridized carbons (Fsp3) is 0.364. The Hall–Kier alpha value is -1.51. The van der Waals surface area contributed by atoms with Gasteiger partial charge in [-0.3, -0.25) is 0 Å². The summed E-state index contributed by atoms with van der Waals surface area (Å²) in [5.41, 5.74) is 1.58. The largest absolute Gasteiger partial charge is 0.462 e. The molecule has 0 heterocycles. The lowest BCUT2D eigenvalue weighted by atomic mass is 10.2. The van der Waals surface area contributed by atoms with Crippen LogP contribution >= 0.6 is 0 Å². The van der Waals surface area contributed by atoms with Gasteiger partial charge in [0.15, 0.2) is 0 Å². The Balaban J connectivity index is 2.62. The fourth-order valence-corrected chi connectivity index (χ4v) is 1.05. The molecule has 76 valence electrons. The number of carbonyl (C=O) groups is 1. The standard InChI is InChI=1S/C11H15NO2/c1-3-8-14-11(13)9-4-6-10(12-2)7-5-9/h4-7,12H,3,8H2,1-2H3. The molecule has 1 aromatic carbocycles. The molecule has 1 rings (SSSR count). The number of hydrogen-bond acceptors (Lipinski definition) is 3. The zero-order valence-electron chi connectivity index (χ0n) is 8.54. The van der Waals surface area contributed by atoms with Crippen LogP contribution in [0, 0.1) is 0 Å². The first-order valence-electron chi connectivity index (χ1n) is 4.73. The molecule has 3 nitrogen and oxygen atoms in total. The number of benzene rings is 1. The molecule has 0 aliphatic rings.